The van der Waals surface area contributed by atoms with Crippen molar-refractivity contribution in [2.45, 2.75) is 37.1 Å². The smallest absolute Gasteiger partial charge is 0.179 e. The van der Waals surface area contributed by atoms with E-state index in [1.54, 1.807) is 18.3 Å². The Balaban J connectivity index is 2.22. The fourth-order valence-electron chi connectivity index (χ4n) is 2.66. The van der Waals surface area contributed by atoms with Gasteiger partial charge in [0.2, 0.25) is 0 Å². The SMILES string of the molecule is CCCNCC1CCCN1c1ncccc1S(C)(=O)=O. The Morgan fingerprint density at radius 3 is 3.00 bits per heavy atom. The Morgan fingerprint density at radius 1 is 1.50 bits per heavy atom. The first-order chi connectivity index (χ1) is 9.54. The standard InChI is InChI=1S/C14H23N3O2S/c1-3-8-15-11-12-6-5-10-17(12)14-13(20(2,18)19)7-4-9-16-14/h4,7,9,12,15H,3,5-6,8,10-11H2,1-2H3. The highest BCUT2D eigenvalue weighted by Crippen LogP contribution is 2.29. The summed E-state index contributed by atoms with van der Waals surface area (Å²) in [6.45, 7) is 4.89. The highest BCUT2D eigenvalue weighted by Gasteiger charge is 2.29. The molecule has 5 nitrogen and oxygen atoms in total. The van der Waals surface area contributed by atoms with Crippen LogP contribution in [0.3, 0.4) is 0 Å². The number of nitrogens with one attached hydrogen (secondary N) is 1. The minimum atomic E-state index is -3.24. The van der Waals surface area contributed by atoms with Crippen molar-refractivity contribution in [1.82, 2.24) is 10.3 Å². The van der Waals surface area contributed by atoms with Gasteiger partial charge in [0.1, 0.15) is 10.7 Å². The van der Waals surface area contributed by atoms with E-state index in [2.05, 4.69) is 22.1 Å². The molecule has 0 radical (unpaired) electrons. The first-order valence-corrected chi connectivity index (χ1v) is 9.05. The van der Waals surface area contributed by atoms with Crippen LogP contribution in [-0.2, 0) is 9.84 Å². The molecule has 1 aromatic heterocycles. The summed E-state index contributed by atoms with van der Waals surface area (Å²) in [5.41, 5.74) is 0. The van der Waals surface area contributed by atoms with Crippen molar-refractivity contribution in [3.63, 3.8) is 0 Å². The predicted molar refractivity (Wildman–Crippen MR) is 80.9 cm³/mol. The van der Waals surface area contributed by atoms with Crippen LogP contribution in [0.2, 0.25) is 0 Å². The molecule has 0 saturated carbocycles. The summed E-state index contributed by atoms with van der Waals surface area (Å²) in [5.74, 6) is 0.607. The number of anilines is 1. The van der Waals surface area contributed by atoms with E-state index in [4.69, 9.17) is 0 Å². The van der Waals surface area contributed by atoms with Crippen LogP contribution in [0, 0.1) is 0 Å². The minimum absolute atomic E-state index is 0.331. The number of sulfone groups is 1. The monoisotopic (exact) mass is 297 g/mol. The second-order valence-corrected chi connectivity index (χ2v) is 7.28. The van der Waals surface area contributed by atoms with Crippen LogP contribution in [0.5, 0.6) is 0 Å². The summed E-state index contributed by atoms with van der Waals surface area (Å²) >= 11 is 0. The third-order valence-electron chi connectivity index (χ3n) is 3.61. The number of hydrogen-bond acceptors (Lipinski definition) is 5. The molecule has 1 saturated heterocycles. The minimum Gasteiger partial charge on any atom is -0.351 e. The summed E-state index contributed by atoms with van der Waals surface area (Å²) in [6, 6.07) is 3.66. The molecule has 0 aliphatic carbocycles. The Bertz CT molecular complexity index is 545. The number of hydrogen-bond donors (Lipinski definition) is 1. The molecule has 6 heteroatoms. The lowest BCUT2D eigenvalue weighted by molar-refractivity contribution is 0.565. The van der Waals surface area contributed by atoms with Crippen LogP contribution in [0.25, 0.3) is 0 Å². The van der Waals surface area contributed by atoms with Crippen molar-refractivity contribution >= 4 is 15.7 Å². The highest BCUT2D eigenvalue weighted by molar-refractivity contribution is 7.90. The number of aromatic nitrogens is 1. The lowest BCUT2D eigenvalue weighted by Gasteiger charge is -2.27. The van der Waals surface area contributed by atoms with Gasteiger partial charge in [0.25, 0.3) is 0 Å². The van der Waals surface area contributed by atoms with Gasteiger partial charge in [0.05, 0.1) is 0 Å². The van der Waals surface area contributed by atoms with Crippen LogP contribution < -0.4 is 10.2 Å². The Labute approximate surface area is 121 Å². The van der Waals surface area contributed by atoms with E-state index in [-0.39, 0.29) is 0 Å². The maximum atomic E-state index is 11.9. The van der Waals surface area contributed by atoms with Crippen molar-refractivity contribution in [3.8, 4) is 0 Å². The predicted octanol–water partition coefficient (Wildman–Crippen LogP) is 1.45. The zero-order valence-corrected chi connectivity index (χ0v) is 13.0. The van der Waals surface area contributed by atoms with E-state index < -0.39 is 9.84 Å². The van der Waals surface area contributed by atoms with E-state index in [0.29, 0.717) is 16.8 Å². The topological polar surface area (TPSA) is 62.3 Å². The van der Waals surface area contributed by atoms with Gasteiger partial charge >= 0.3 is 0 Å². The van der Waals surface area contributed by atoms with Gasteiger partial charge in [-0.1, -0.05) is 6.92 Å². The van der Waals surface area contributed by atoms with Crippen molar-refractivity contribution in [2.24, 2.45) is 0 Å². The molecule has 1 unspecified atom stereocenters. The van der Waals surface area contributed by atoms with Gasteiger partial charge in [-0.25, -0.2) is 13.4 Å². The van der Waals surface area contributed by atoms with E-state index in [0.717, 1.165) is 38.9 Å². The fourth-order valence-corrected chi connectivity index (χ4v) is 3.49. The zero-order chi connectivity index (χ0) is 14.6. The summed E-state index contributed by atoms with van der Waals surface area (Å²) in [5, 5.41) is 3.42. The van der Waals surface area contributed by atoms with E-state index in [1.807, 2.05) is 0 Å². The maximum absolute atomic E-state index is 11.9. The molecule has 2 rings (SSSR count). The summed E-state index contributed by atoms with van der Waals surface area (Å²) in [4.78, 5) is 6.80. The Morgan fingerprint density at radius 2 is 2.30 bits per heavy atom. The van der Waals surface area contributed by atoms with Gasteiger partial charge < -0.3 is 10.2 Å². The van der Waals surface area contributed by atoms with Gasteiger partial charge in [-0.2, -0.15) is 0 Å². The van der Waals surface area contributed by atoms with Crippen LogP contribution in [-0.4, -0.2) is 45.3 Å². The first kappa shape index (κ1) is 15.3. The van der Waals surface area contributed by atoms with E-state index in [1.165, 1.54) is 6.26 Å². The largest absolute Gasteiger partial charge is 0.351 e. The van der Waals surface area contributed by atoms with Gasteiger partial charge in [-0.15, -0.1) is 0 Å². The van der Waals surface area contributed by atoms with Crippen LogP contribution in [0.15, 0.2) is 23.2 Å². The molecular formula is C14H23N3O2S. The van der Waals surface area contributed by atoms with Gasteiger partial charge in [-0.05, 0) is 37.9 Å². The van der Waals surface area contributed by atoms with Crippen molar-refractivity contribution in [2.75, 3.05) is 30.8 Å². The molecule has 0 bridgehead atoms. The van der Waals surface area contributed by atoms with Crippen LogP contribution in [0.1, 0.15) is 26.2 Å². The van der Waals surface area contributed by atoms with E-state index >= 15 is 0 Å². The molecular weight excluding hydrogens is 274 g/mol. The molecule has 1 aliphatic rings. The molecule has 2 heterocycles. The lowest BCUT2D eigenvalue weighted by atomic mass is 10.2. The number of nitrogens with zero attached hydrogens (tertiary/aromatic N) is 2. The third-order valence-corrected chi connectivity index (χ3v) is 4.72. The molecule has 0 spiro atoms. The normalized spacial score (nSPS) is 19.5. The number of pyridine rings is 1. The second-order valence-electron chi connectivity index (χ2n) is 5.29. The molecule has 1 N–H and O–H groups in total. The highest BCUT2D eigenvalue weighted by atomic mass is 32.2. The van der Waals surface area contributed by atoms with Gasteiger partial charge in [0, 0.05) is 31.6 Å². The average molecular weight is 297 g/mol. The van der Waals surface area contributed by atoms with Crippen LogP contribution in [0.4, 0.5) is 5.82 Å². The van der Waals surface area contributed by atoms with Crippen LogP contribution >= 0.6 is 0 Å². The second kappa shape index (κ2) is 6.54. The zero-order valence-electron chi connectivity index (χ0n) is 12.2. The maximum Gasteiger partial charge on any atom is 0.179 e. The summed E-state index contributed by atoms with van der Waals surface area (Å²) in [6.07, 6.45) is 6.17. The van der Waals surface area contributed by atoms with Gasteiger partial charge in [-0.3, -0.25) is 0 Å². The summed E-state index contributed by atoms with van der Waals surface area (Å²) in [7, 11) is -3.24. The van der Waals surface area contributed by atoms with Gasteiger partial charge in [0.15, 0.2) is 9.84 Å². The number of rotatable bonds is 6. The Hall–Kier alpha value is -1.14. The molecule has 1 aromatic rings. The molecule has 20 heavy (non-hydrogen) atoms. The average Bonchev–Trinajstić information content (AvgIpc) is 2.86. The first-order valence-electron chi connectivity index (χ1n) is 7.16. The van der Waals surface area contributed by atoms with Crippen molar-refractivity contribution in [3.05, 3.63) is 18.3 Å². The fraction of sp³-hybridized carbons (Fsp3) is 0.643. The molecule has 1 atom stereocenters. The molecule has 1 fully saturated rings. The van der Waals surface area contributed by atoms with Crippen molar-refractivity contribution < 1.29 is 8.42 Å². The molecule has 112 valence electrons. The quantitative estimate of drug-likeness (QED) is 0.805. The third kappa shape index (κ3) is 3.49. The van der Waals surface area contributed by atoms with E-state index in [9.17, 15) is 8.42 Å². The Kier molecular flexibility index (Phi) is 4.99. The molecule has 0 aromatic carbocycles. The molecule has 0 amide bonds. The lowest BCUT2D eigenvalue weighted by Crippen LogP contribution is -2.39. The molecule has 1 aliphatic heterocycles. The van der Waals surface area contributed by atoms with Crippen molar-refractivity contribution in [1.29, 1.82) is 0 Å². The summed E-state index contributed by atoms with van der Waals surface area (Å²) < 4.78 is 23.8.